The Kier molecular flexibility index (Phi) is 6.52. The monoisotopic (exact) mass is 242 g/mol. The van der Waals surface area contributed by atoms with Gasteiger partial charge in [0.1, 0.15) is 0 Å². The fraction of sp³-hybridized carbons (Fsp3) is 0.923. The molecule has 0 radical (unpaired) electrons. The van der Waals surface area contributed by atoms with Crippen LogP contribution in [0.1, 0.15) is 46.5 Å². The van der Waals surface area contributed by atoms with Gasteiger partial charge in [-0.3, -0.25) is 10.1 Å². The van der Waals surface area contributed by atoms with Crippen LogP contribution in [-0.2, 0) is 9.53 Å². The van der Waals surface area contributed by atoms with Crippen molar-refractivity contribution in [3.05, 3.63) is 0 Å². The number of hydrogen-bond acceptors (Lipinski definition) is 3. The van der Waals surface area contributed by atoms with E-state index in [1.165, 1.54) is 0 Å². The molecule has 4 nitrogen and oxygen atoms in total. The van der Waals surface area contributed by atoms with Crippen LogP contribution in [0.5, 0.6) is 0 Å². The zero-order valence-electron chi connectivity index (χ0n) is 11.4. The third-order valence-electron chi connectivity index (χ3n) is 3.26. The van der Waals surface area contributed by atoms with Crippen molar-refractivity contribution in [2.45, 2.75) is 58.7 Å². The number of carbonyl (C=O) groups is 1. The van der Waals surface area contributed by atoms with Gasteiger partial charge in [0.15, 0.2) is 0 Å². The molecule has 0 aromatic rings. The molecule has 2 atom stereocenters. The molecule has 1 heterocycles. The van der Waals surface area contributed by atoms with Crippen molar-refractivity contribution in [3.63, 3.8) is 0 Å². The molecule has 0 aliphatic carbocycles. The summed E-state index contributed by atoms with van der Waals surface area (Å²) in [5, 5.41) is 3.42. The summed E-state index contributed by atoms with van der Waals surface area (Å²) in [6.45, 7) is 8.31. The molecular weight excluding hydrogens is 216 g/mol. The third-order valence-corrected chi connectivity index (χ3v) is 3.26. The normalized spacial score (nSPS) is 24.6. The van der Waals surface area contributed by atoms with E-state index in [2.05, 4.69) is 19.2 Å². The first-order valence-corrected chi connectivity index (χ1v) is 6.88. The van der Waals surface area contributed by atoms with Crippen LogP contribution in [0.2, 0.25) is 0 Å². The van der Waals surface area contributed by atoms with Gasteiger partial charge in [-0.05, 0) is 19.8 Å². The van der Waals surface area contributed by atoms with Crippen molar-refractivity contribution < 1.29 is 9.53 Å². The van der Waals surface area contributed by atoms with Crippen molar-refractivity contribution in [1.82, 2.24) is 10.2 Å². The second-order valence-electron chi connectivity index (χ2n) is 4.51. The summed E-state index contributed by atoms with van der Waals surface area (Å²) >= 11 is 0. The van der Waals surface area contributed by atoms with Crippen LogP contribution in [0, 0.1) is 0 Å². The largest absolute Gasteiger partial charge is 0.380 e. The van der Waals surface area contributed by atoms with Gasteiger partial charge in [0, 0.05) is 13.2 Å². The van der Waals surface area contributed by atoms with E-state index in [1.807, 2.05) is 11.8 Å². The lowest BCUT2D eigenvalue weighted by molar-refractivity contribution is -0.130. The van der Waals surface area contributed by atoms with Gasteiger partial charge in [-0.2, -0.15) is 0 Å². The number of unbranched alkanes of at least 4 members (excludes halogenated alkanes) is 1. The SMILES string of the molecule is CCCCC1NC(CC)N(CCOCC)C1=O. The Balaban J connectivity index is 2.46. The van der Waals surface area contributed by atoms with Crippen molar-refractivity contribution in [3.8, 4) is 0 Å². The molecule has 1 rings (SSSR count). The molecule has 1 N–H and O–H groups in total. The maximum atomic E-state index is 12.2. The number of amides is 1. The van der Waals surface area contributed by atoms with Gasteiger partial charge >= 0.3 is 0 Å². The average Bonchev–Trinajstić information content (AvgIpc) is 2.64. The van der Waals surface area contributed by atoms with Gasteiger partial charge < -0.3 is 9.64 Å². The van der Waals surface area contributed by atoms with E-state index in [0.717, 1.165) is 25.7 Å². The van der Waals surface area contributed by atoms with Crippen LogP contribution >= 0.6 is 0 Å². The molecule has 1 aliphatic rings. The highest BCUT2D eigenvalue weighted by Gasteiger charge is 2.36. The average molecular weight is 242 g/mol. The standard InChI is InChI=1S/C13H26N2O2/c1-4-7-8-11-13(16)15(9-10-17-6-3)12(5-2)14-11/h11-12,14H,4-10H2,1-3H3. The predicted molar refractivity (Wildman–Crippen MR) is 68.7 cm³/mol. The van der Waals surface area contributed by atoms with Gasteiger partial charge in [0.05, 0.1) is 18.8 Å². The molecule has 0 spiro atoms. The van der Waals surface area contributed by atoms with Gasteiger partial charge in [-0.25, -0.2) is 0 Å². The Bertz CT molecular complexity index is 233. The summed E-state index contributed by atoms with van der Waals surface area (Å²) in [5.41, 5.74) is 0. The van der Waals surface area contributed by atoms with Crippen LogP contribution in [-0.4, -0.2) is 42.8 Å². The predicted octanol–water partition coefficient (Wildman–Crippen LogP) is 1.75. The van der Waals surface area contributed by atoms with Gasteiger partial charge in [-0.1, -0.05) is 26.7 Å². The topological polar surface area (TPSA) is 41.6 Å². The number of ether oxygens (including phenoxy) is 1. The first-order valence-electron chi connectivity index (χ1n) is 6.88. The van der Waals surface area contributed by atoms with E-state index in [0.29, 0.717) is 19.8 Å². The Labute approximate surface area is 105 Å². The fourth-order valence-electron chi connectivity index (χ4n) is 2.27. The van der Waals surface area contributed by atoms with Crippen LogP contribution in [0.4, 0.5) is 0 Å². The van der Waals surface area contributed by atoms with E-state index < -0.39 is 0 Å². The zero-order valence-corrected chi connectivity index (χ0v) is 11.4. The van der Waals surface area contributed by atoms with Crippen molar-refractivity contribution in [2.24, 2.45) is 0 Å². The first-order chi connectivity index (χ1) is 8.24. The van der Waals surface area contributed by atoms with Crippen molar-refractivity contribution in [2.75, 3.05) is 19.8 Å². The molecule has 1 saturated heterocycles. The van der Waals surface area contributed by atoms with Crippen LogP contribution in [0.15, 0.2) is 0 Å². The fourth-order valence-corrected chi connectivity index (χ4v) is 2.27. The summed E-state index contributed by atoms with van der Waals surface area (Å²) < 4.78 is 5.33. The van der Waals surface area contributed by atoms with Crippen LogP contribution in [0.3, 0.4) is 0 Å². The smallest absolute Gasteiger partial charge is 0.241 e. The summed E-state index contributed by atoms with van der Waals surface area (Å²) in [6.07, 6.45) is 4.36. The number of carbonyl (C=O) groups excluding carboxylic acids is 1. The van der Waals surface area contributed by atoms with Gasteiger partial charge in [-0.15, -0.1) is 0 Å². The second kappa shape index (κ2) is 7.67. The number of nitrogens with zero attached hydrogens (tertiary/aromatic N) is 1. The minimum atomic E-state index is 0.0292. The molecule has 4 heteroatoms. The van der Waals surface area contributed by atoms with E-state index in [4.69, 9.17) is 4.74 Å². The lowest BCUT2D eigenvalue weighted by Crippen LogP contribution is -2.38. The Morgan fingerprint density at radius 3 is 2.71 bits per heavy atom. The lowest BCUT2D eigenvalue weighted by atomic mass is 10.1. The Hall–Kier alpha value is -0.610. The van der Waals surface area contributed by atoms with E-state index >= 15 is 0 Å². The second-order valence-corrected chi connectivity index (χ2v) is 4.51. The maximum absolute atomic E-state index is 12.2. The molecule has 0 aromatic heterocycles. The number of nitrogens with one attached hydrogen (secondary N) is 1. The quantitative estimate of drug-likeness (QED) is 0.659. The van der Waals surface area contributed by atoms with E-state index in [9.17, 15) is 4.79 Å². The molecular formula is C13H26N2O2. The van der Waals surface area contributed by atoms with Crippen LogP contribution in [0.25, 0.3) is 0 Å². The number of hydrogen-bond donors (Lipinski definition) is 1. The van der Waals surface area contributed by atoms with E-state index in [1.54, 1.807) is 0 Å². The van der Waals surface area contributed by atoms with Gasteiger partial charge in [0.2, 0.25) is 5.91 Å². The molecule has 0 saturated carbocycles. The van der Waals surface area contributed by atoms with Crippen LogP contribution < -0.4 is 5.32 Å². The first kappa shape index (κ1) is 14.5. The molecule has 1 aliphatic heterocycles. The number of rotatable bonds is 8. The summed E-state index contributed by atoms with van der Waals surface area (Å²) in [4.78, 5) is 14.1. The molecule has 17 heavy (non-hydrogen) atoms. The molecule has 2 unspecified atom stereocenters. The maximum Gasteiger partial charge on any atom is 0.241 e. The Morgan fingerprint density at radius 2 is 2.12 bits per heavy atom. The highest BCUT2D eigenvalue weighted by atomic mass is 16.5. The van der Waals surface area contributed by atoms with Crippen molar-refractivity contribution >= 4 is 5.91 Å². The van der Waals surface area contributed by atoms with E-state index in [-0.39, 0.29) is 18.1 Å². The molecule has 100 valence electrons. The highest BCUT2D eigenvalue weighted by Crippen LogP contribution is 2.17. The summed E-state index contributed by atoms with van der Waals surface area (Å²) in [7, 11) is 0. The minimum Gasteiger partial charge on any atom is -0.380 e. The third kappa shape index (κ3) is 3.96. The lowest BCUT2D eigenvalue weighted by Gasteiger charge is -2.22. The molecule has 1 fully saturated rings. The minimum absolute atomic E-state index is 0.0292. The molecule has 0 aromatic carbocycles. The van der Waals surface area contributed by atoms with Crippen molar-refractivity contribution in [1.29, 1.82) is 0 Å². The summed E-state index contributed by atoms with van der Waals surface area (Å²) in [5.74, 6) is 0.255. The molecule has 1 amide bonds. The summed E-state index contributed by atoms with van der Waals surface area (Å²) in [6, 6.07) is 0.0292. The zero-order chi connectivity index (χ0) is 12.7. The Morgan fingerprint density at radius 1 is 1.35 bits per heavy atom. The highest BCUT2D eigenvalue weighted by molar-refractivity contribution is 5.84. The molecule has 0 bridgehead atoms. The van der Waals surface area contributed by atoms with Gasteiger partial charge in [0.25, 0.3) is 0 Å².